The number of halogens is 1. The number of hydrogen-bond donors (Lipinski definition) is 1. The van der Waals surface area contributed by atoms with E-state index < -0.39 is 0 Å². The quantitative estimate of drug-likeness (QED) is 0.605. The van der Waals surface area contributed by atoms with Crippen molar-refractivity contribution in [2.45, 2.75) is 43.9 Å². The van der Waals surface area contributed by atoms with E-state index in [4.69, 9.17) is 0 Å². The molecule has 20 heavy (non-hydrogen) atoms. The van der Waals surface area contributed by atoms with Crippen molar-refractivity contribution in [3.63, 3.8) is 0 Å². The van der Waals surface area contributed by atoms with E-state index in [2.05, 4.69) is 5.32 Å². The van der Waals surface area contributed by atoms with Crippen molar-refractivity contribution >= 4 is 27.5 Å². The van der Waals surface area contributed by atoms with Crippen LogP contribution in [-0.4, -0.2) is 16.9 Å². The molecule has 1 unspecified atom stereocenters. The zero-order chi connectivity index (χ0) is 14.2. The molecule has 5 heteroatoms. The van der Waals surface area contributed by atoms with E-state index in [0.717, 1.165) is 23.7 Å². The lowest BCUT2D eigenvalue weighted by molar-refractivity contribution is -0.121. The number of amides is 1. The van der Waals surface area contributed by atoms with Gasteiger partial charge in [0.05, 0.1) is 0 Å². The molecular weight excluding hydrogens is 293 g/mol. The van der Waals surface area contributed by atoms with Crippen LogP contribution >= 0.6 is 21.6 Å². The van der Waals surface area contributed by atoms with Crippen LogP contribution in [-0.2, 0) is 11.3 Å². The van der Waals surface area contributed by atoms with Crippen LogP contribution in [0, 0.1) is 5.82 Å². The van der Waals surface area contributed by atoms with Crippen LogP contribution in [0.5, 0.6) is 0 Å². The average molecular weight is 313 g/mol. The molecule has 1 atom stereocenters. The number of nitrogens with one attached hydrogen (secondary N) is 1. The van der Waals surface area contributed by atoms with Gasteiger partial charge in [0.15, 0.2) is 0 Å². The highest BCUT2D eigenvalue weighted by atomic mass is 33.1. The Kier molecular flexibility index (Phi) is 6.73. The Balaban J connectivity index is 1.54. The standard InChI is InChI=1S/C15H20FNOS2/c16-13-7-5-12(6-8-13)11-17-15(18)4-2-1-3-14-9-10-19-20-14/h5-8,14H,1-4,9-11H2,(H,17,18). The lowest BCUT2D eigenvalue weighted by Gasteiger charge is -2.07. The molecular formula is C15H20FNOS2. The van der Waals surface area contributed by atoms with Crippen molar-refractivity contribution in [3.8, 4) is 0 Å². The SMILES string of the molecule is O=C(CCCCC1CCSS1)NCc1ccc(F)cc1. The molecule has 0 bridgehead atoms. The third-order valence-electron chi connectivity index (χ3n) is 3.31. The van der Waals surface area contributed by atoms with Gasteiger partial charge in [-0.05, 0) is 37.0 Å². The predicted octanol–water partition coefficient (Wildman–Crippen LogP) is 4.16. The maximum Gasteiger partial charge on any atom is 0.220 e. The predicted molar refractivity (Wildman–Crippen MR) is 85.2 cm³/mol. The van der Waals surface area contributed by atoms with E-state index in [1.165, 1.54) is 30.7 Å². The van der Waals surface area contributed by atoms with Gasteiger partial charge in [0.25, 0.3) is 0 Å². The summed E-state index contributed by atoms with van der Waals surface area (Å²) < 4.78 is 12.7. The highest BCUT2D eigenvalue weighted by Gasteiger charge is 2.15. The van der Waals surface area contributed by atoms with Gasteiger partial charge >= 0.3 is 0 Å². The highest BCUT2D eigenvalue weighted by Crippen LogP contribution is 2.39. The summed E-state index contributed by atoms with van der Waals surface area (Å²) in [7, 11) is 3.96. The first kappa shape index (κ1) is 15.7. The van der Waals surface area contributed by atoms with E-state index in [0.29, 0.717) is 13.0 Å². The highest BCUT2D eigenvalue weighted by molar-refractivity contribution is 8.77. The Morgan fingerprint density at radius 2 is 2.10 bits per heavy atom. The lowest BCUT2D eigenvalue weighted by atomic mass is 10.1. The molecule has 1 saturated heterocycles. The molecule has 1 N–H and O–H groups in total. The van der Waals surface area contributed by atoms with E-state index >= 15 is 0 Å². The number of hydrogen-bond acceptors (Lipinski definition) is 3. The molecule has 1 amide bonds. The first-order chi connectivity index (χ1) is 9.74. The summed E-state index contributed by atoms with van der Waals surface area (Å²) in [5, 5.41) is 3.67. The summed E-state index contributed by atoms with van der Waals surface area (Å²) in [6, 6.07) is 6.23. The smallest absolute Gasteiger partial charge is 0.220 e. The summed E-state index contributed by atoms with van der Waals surface area (Å²) in [6.07, 6.45) is 5.21. The summed E-state index contributed by atoms with van der Waals surface area (Å²) in [4.78, 5) is 11.7. The van der Waals surface area contributed by atoms with Crippen molar-refractivity contribution in [3.05, 3.63) is 35.6 Å². The summed E-state index contributed by atoms with van der Waals surface area (Å²) >= 11 is 0. The Labute approximate surface area is 127 Å². The zero-order valence-corrected chi connectivity index (χ0v) is 13.1. The van der Waals surface area contributed by atoms with Crippen LogP contribution < -0.4 is 5.32 Å². The third kappa shape index (κ3) is 5.75. The molecule has 1 aromatic rings. The summed E-state index contributed by atoms with van der Waals surface area (Å²) in [6.45, 7) is 0.480. The number of carbonyl (C=O) groups excluding carboxylic acids is 1. The third-order valence-corrected chi connectivity index (χ3v) is 6.32. The molecule has 1 heterocycles. The molecule has 2 nitrogen and oxygen atoms in total. The Hall–Kier alpha value is -0.680. The molecule has 0 radical (unpaired) electrons. The van der Waals surface area contributed by atoms with Gasteiger partial charge in [0, 0.05) is 24.0 Å². The fourth-order valence-corrected chi connectivity index (χ4v) is 5.14. The first-order valence-electron chi connectivity index (χ1n) is 7.03. The van der Waals surface area contributed by atoms with Crippen LogP contribution in [0.15, 0.2) is 24.3 Å². The monoisotopic (exact) mass is 313 g/mol. The maximum absolute atomic E-state index is 12.7. The van der Waals surface area contributed by atoms with Gasteiger partial charge < -0.3 is 5.32 Å². The van der Waals surface area contributed by atoms with Crippen molar-refractivity contribution in [1.82, 2.24) is 5.32 Å². The fraction of sp³-hybridized carbons (Fsp3) is 0.533. The van der Waals surface area contributed by atoms with E-state index in [1.807, 2.05) is 21.6 Å². The fourth-order valence-electron chi connectivity index (χ4n) is 2.11. The second-order valence-electron chi connectivity index (χ2n) is 4.98. The van der Waals surface area contributed by atoms with E-state index in [1.54, 1.807) is 12.1 Å². The normalized spacial score (nSPS) is 18.1. The molecule has 1 aliphatic rings. The van der Waals surface area contributed by atoms with Gasteiger partial charge in [-0.2, -0.15) is 0 Å². The van der Waals surface area contributed by atoms with Crippen LogP contribution in [0.1, 0.15) is 37.7 Å². The molecule has 110 valence electrons. The summed E-state index contributed by atoms with van der Waals surface area (Å²) in [5.41, 5.74) is 0.930. The second-order valence-corrected chi connectivity index (χ2v) is 7.77. The Morgan fingerprint density at radius 1 is 1.30 bits per heavy atom. The zero-order valence-electron chi connectivity index (χ0n) is 11.4. The van der Waals surface area contributed by atoms with Crippen molar-refractivity contribution < 1.29 is 9.18 Å². The molecule has 2 rings (SSSR count). The molecule has 1 aromatic carbocycles. The average Bonchev–Trinajstić information content (AvgIpc) is 2.96. The van der Waals surface area contributed by atoms with Gasteiger partial charge in [0.2, 0.25) is 5.91 Å². The lowest BCUT2D eigenvalue weighted by Crippen LogP contribution is -2.22. The van der Waals surface area contributed by atoms with Gasteiger partial charge in [-0.3, -0.25) is 4.79 Å². The molecule has 1 aliphatic heterocycles. The van der Waals surface area contributed by atoms with Crippen LogP contribution in [0.2, 0.25) is 0 Å². The molecule has 1 fully saturated rings. The minimum atomic E-state index is -0.247. The minimum absolute atomic E-state index is 0.0859. The van der Waals surface area contributed by atoms with Crippen molar-refractivity contribution in [1.29, 1.82) is 0 Å². The number of benzene rings is 1. The van der Waals surface area contributed by atoms with Gasteiger partial charge in [-0.25, -0.2) is 4.39 Å². The van der Waals surface area contributed by atoms with Gasteiger partial charge in [0.1, 0.15) is 5.82 Å². The molecule has 0 aromatic heterocycles. The second kappa shape index (κ2) is 8.57. The number of rotatable bonds is 7. The molecule has 0 aliphatic carbocycles. The minimum Gasteiger partial charge on any atom is -0.352 e. The molecule has 0 saturated carbocycles. The van der Waals surface area contributed by atoms with E-state index in [-0.39, 0.29) is 11.7 Å². The van der Waals surface area contributed by atoms with Crippen LogP contribution in [0.4, 0.5) is 4.39 Å². The Morgan fingerprint density at radius 3 is 2.80 bits per heavy atom. The largest absolute Gasteiger partial charge is 0.352 e. The summed E-state index contributed by atoms with van der Waals surface area (Å²) in [5.74, 6) is 1.11. The van der Waals surface area contributed by atoms with Gasteiger partial charge in [-0.15, -0.1) is 0 Å². The van der Waals surface area contributed by atoms with Crippen LogP contribution in [0.25, 0.3) is 0 Å². The Bertz CT molecular complexity index is 418. The number of carbonyl (C=O) groups is 1. The van der Waals surface area contributed by atoms with Crippen molar-refractivity contribution in [2.75, 3.05) is 5.75 Å². The maximum atomic E-state index is 12.7. The number of unbranched alkanes of at least 4 members (excludes halogenated alkanes) is 1. The topological polar surface area (TPSA) is 29.1 Å². The van der Waals surface area contributed by atoms with Gasteiger partial charge in [-0.1, -0.05) is 40.1 Å². The first-order valence-corrected chi connectivity index (χ1v) is 9.41. The van der Waals surface area contributed by atoms with Crippen molar-refractivity contribution in [2.24, 2.45) is 0 Å². The van der Waals surface area contributed by atoms with E-state index in [9.17, 15) is 9.18 Å². The van der Waals surface area contributed by atoms with Crippen LogP contribution in [0.3, 0.4) is 0 Å². The molecule has 0 spiro atoms.